The molecule has 3 N–H and O–H groups in total. The molecule has 0 aliphatic carbocycles. The predicted molar refractivity (Wildman–Crippen MR) is 81.9 cm³/mol. The van der Waals surface area contributed by atoms with E-state index in [1.165, 1.54) is 0 Å². The summed E-state index contributed by atoms with van der Waals surface area (Å²) >= 11 is 4.91. The molecule has 0 radical (unpaired) electrons. The number of carbonyl (C=O) groups is 1. The highest BCUT2D eigenvalue weighted by molar-refractivity contribution is 7.80. The molecule has 1 aliphatic rings. The number of aryl methyl sites for hydroxylation is 2. The maximum absolute atomic E-state index is 12.2. The van der Waals surface area contributed by atoms with Crippen LogP contribution >= 0.6 is 12.2 Å². The monoisotopic (exact) mass is 295 g/mol. The molecule has 2 rings (SSSR count). The lowest BCUT2D eigenvalue weighted by molar-refractivity contribution is 0.0913. The summed E-state index contributed by atoms with van der Waals surface area (Å²) in [5.41, 5.74) is 6.18. The highest BCUT2D eigenvalue weighted by Crippen LogP contribution is 2.15. The zero-order valence-electron chi connectivity index (χ0n) is 11.9. The number of nitrogens with one attached hydrogen (secondary N) is 1. The van der Waals surface area contributed by atoms with Gasteiger partial charge in [-0.05, 0) is 32.8 Å². The minimum atomic E-state index is -0.0489. The Balaban J connectivity index is 1.85. The van der Waals surface area contributed by atoms with Crippen LogP contribution in [0.15, 0.2) is 10.5 Å². The molecular weight excluding hydrogens is 274 g/mol. The van der Waals surface area contributed by atoms with E-state index in [0.29, 0.717) is 22.9 Å². The van der Waals surface area contributed by atoms with E-state index in [1.54, 1.807) is 6.07 Å². The van der Waals surface area contributed by atoms with Crippen LogP contribution in [-0.2, 0) is 0 Å². The van der Waals surface area contributed by atoms with Gasteiger partial charge in [-0.3, -0.25) is 9.69 Å². The summed E-state index contributed by atoms with van der Waals surface area (Å²) in [6.07, 6.45) is 1.84. The Labute approximate surface area is 124 Å². The van der Waals surface area contributed by atoms with Crippen molar-refractivity contribution >= 4 is 23.1 Å². The third-order valence-corrected chi connectivity index (χ3v) is 3.72. The van der Waals surface area contributed by atoms with Crippen LogP contribution in [0.5, 0.6) is 0 Å². The third-order valence-electron chi connectivity index (χ3n) is 3.59. The topological polar surface area (TPSA) is 71.5 Å². The fourth-order valence-corrected chi connectivity index (χ4v) is 2.76. The summed E-state index contributed by atoms with van der Waals surface area (Å²) < 4.78 is 5.39. The predicted octanol–water partition coefficient (Wildman–Crippen LogP) is 1.38. The summed E-state index contributed by atoms with van der Waals surface area (Å²) in [6.45, 7) is 6.14. The van der Waals surface area contributed by atoms with E-state index in [0.717, 1.165) is 31.7 Å². The molecule has 5 nitrogen and oxygen atoms in total. The van der Waals surface area contributed by atoms with Crippen LogP contribution in [0.1, 0.15) is 34.7 Å². The number of nitrogens with two attached hydrogens (primary N) is 1. The first kappa shape index (κ1) is 15.0. The number of furan rings is 1. The SMILES string of the molecule is Cc1cc(C(=O)NC2CCN(CC(N)=S)CC2)c(C)o1. The van der Waals surface area contributed by atoms with Crippen molar-refractivity contribution in [3.05, 3.63) is 23.2 Å². The van der Waals surface area contributed by atoms with Crippen molar-refractivity contribution in [2.24, 2.45) is 5.73 Å². The minimum Gasteiger partial charge on any atom is -0.466 e. The van der Waals surface area contributed by atoms with Gasteiger partial charge in [0.2, 0.25) is 0 Å². The molecule has 0 atom stereocenters. The lowest BCUT2D eigenvalue weighted by atomic mass is 10.0. The van der Waals surface area contributed by atoms with Gasteiger partial charge in [-0.2, -0.15) is 0 Å². The van der Waals surface area contributed by atoms with Crippen molar-refractivity contribution in [1.82, 2.24) is 10.2 Å². The molecule has 1 amide bonds. The second-order valence-corrected chi connectivity index (χ2v) is 5.84. The van der Waals surface area contributed by atoms with Gasteiger partial charge in [0.25, 0.3) is 5.91 Å². The van der Waals surface area contributed by atoms with Gasteiger partial charge in [0, 0.05) is 25.7 Å². The quantitative estimate of drug-likeness (QED) is 0.821. The Morgan fingerprint density at radius 3 is 2.65 bits per heavy atom. The summed E-state index contributed by atoms with van der Waals surface area (Å²) in [5.74, 6) is 1.39. The molecule has 1 aromatic rings. The van der Waals surface area contributed by atoms with Gasteiger partial charge in [0.1, 0.15) is 11.5 Å². The Morgan fingerprint density at radius 1 is 1.50 bits per heavy atom. The molecule has 0 unspecified atom stereocenters. The number of nitrogens with zero attached hydrogens (tertiary/aromatic N) is 1. The molecule has 6 heteroatoms. The van der Waals surface area contributed by atoms with Crippen molar-refractivity contribution in [3.8, 4) is 0 Å². The number of carbonyl (C=O) groups excluding carboxylic acids is 1. The van der Waals surface area contributed by atoms with Crippen LogP contribution in [0, 0.1) is 13.8 Å². The van der Waals surface area contributed by atoms with Crippen LogP contribution < -0.4 is 11.1 Å². The van der Waals surface area contributed by atoms with Crippen LogP contribution in [0.25, 0.3) is 0 Å². The first-order valence-corrected chi connectivity index (χ1v) is 7.25. The van der Waals surface area contributed by atoms with Crippen molar-refractivity contribution in [3.63, 3.8) is 0 Å². The second-order valence-electron chi connectivity index (χ2n) is 5.32. The van der Waals surface area contributed by atoms with Gasteiger partial charge in [0.05, 0.1) is 10.6 Å². The zero-order chi connectivity index (χ0) is 14.7. The lowest BCUT2D eigenvalue weighted by Gasteiger charge is -2.31. The smallest absolute Gasteiger partial charge is 0.255 e. The zero-order valence-corrected chi connectivity index (χ0v) is 12.8. The molecule has 1 aromatic heterocycles. The Bertz CT molecular complexity index is 505. The normalized spacial score (nSPS) is 17.1. The van der Waals surface area contributed by atoms with Crippen LogP contribution in [0.2, 0.25) is 0 Å². The molecular formula is C14H21N3O2S. The largest absolute Gasteiger partial charge is 0.466 e. The number of thiocarbonyl (C=S) groups is 1. The number of amides is 1. The molecule has 1 saturated heterocycles. The summed E-state index contributed by atoms with van der Waals surface area (Å²) in [6, 6.07) is 1.99. The van der Waals surface area contributed by atoms with Crippen LogP contribution in [-0.4, -0.2) is 41.5 Å². The fourth-order valence-electron chi connectivity index (χ4n) is 2.58. The number of piperidine rings is 1. The van der Waals surface area contributed by atoms with Gasteiger partial charge in [-0.1, -0.05) is 12.2 Å². The number of likely N-dealkylation sites (tertiary alicyclic amines) is 1. The van der Waals surface area contributed by atoms with E-state index in [-0.39, 0.29) is 11.9 Å². The molecule has 0 saturated carbocycles. The van der Waals surface area contributed by atoms with E-state index < -0.39 is 0 Å². The van der Waals surface area contributed by atoms with Gasteiger partial charge in [-0.15, -0.1) is 0 Å². The maximum Gasteiger partial charge on any atom is 0.255 e. The average molecular weight is 295 g/mol. The molecule has 0 spiro atoms. The van der Waals surface area contributed by atoms with Gasteiger partial charge < -0.3 is 15.5 Å². The molecule has 110 valence electrons. The molecule has 1 aliphatic heterocycles. The van der Waals surface area contributed by atoms with Crippen molar-refractivity contribution in [2.75, 3.05) is 19.6 Å². The van der Waals surface area contributed by atoms with E-state index >= 15 is 0 Å². The first-order valence-electron chi connectivity index (χ1n) is 6.84. The molecule has 1 fully saturated rings. The molecule has 0 bridgehead atoms. The average Bonchev–Trinajstić information content (AvgIpc) is 2.70. The third kappa shape index (κ3) is 3.80. The van der Waals surface area contributed by atoms with Crippen LogP contribution in [0.3, 0.4) is 0 Å². The first-order chi connectivity index (χ1) is 9.45. The van der Waals surface area contributed by atoms with Crippen molar-refractivity contribution in [2.45, 2.75) is 32.7 Å². The van der Waals surface area contributed by atoms with Crippen LogP contribution in [0.4, 0.5) is 0 Å². The Kier molecular flexibility index (Phi) is 4.77. The Hall–Kier alpha value is -1.40. The molecule has 2 heterocycles. The summed E-state index contributed by atoms with van der Waals surface area (Å²) in [4.78, 5) is 14.9. The minimum absolute atomic E-state index is 0.0489. The van der Waals surface area contributed by atoms with E-state index in [9.17, 15) is 4.79 Å². The fraction of sp³-hybridized carbons (Fsp3) is 0.571. The van der Waals surface area contributed by atoms with Gasteiger partial charge in [-0.25, -0.2) is 0 Å². The highest BCUT2D eigenvalue weighted by Gasteiger charge is 2.22. The van der Waals surface area contributed by atoms with Gasteiger partial charge in [0.15, 0.2) is 0 Å². The summed E-state index contributed by atoms with van der Waals surface area (Å²) in [7, 11) is 0. The maximum atomic E-state index is 12.2. The Morgan fingerprint density at radius 2 is 2.15 bits per heavy atom. The van der Waals surface area contributed by atoms with Gasteiger partial charge >= 0.3 is 0 Å². The second kappa shape index (κ2) is 6.37. The van der Waals surface area contributed by atoms with E-state index in [1.807, 2.05) is 13.8 Å². The summed E-state index contributed by atoms with van der Waals surface area (Å²) in [5, 5.41) is 3.07. The van der Waals surface area contributed by atoms with Crippen molar-refractivity contribution < 1.29 is 9.21 Å². The molecule has 20 heavy (non-hydrogen) atoms. The number of rotatable bonds is 4. The number of hydrogen-bond acceptors (Lipinski definition) is 4. The lowest BCUT2D eigenvalue weighted by Crippen LogP contribution is -2.46. The standard InChI is InChI=1S/C14H21N3O2S/c1-9-7-12(10(2)19-9)14(18)16-11-3-5-17(6-4-11)8-13(15)20/h7,11H,3-6,8H2,1-2H3,(H2,15,20)(H,16,18). The number of hydrogen-bond donors (Lipinski definition) is 2. The van der Waals surface area contributed by atoms with Crippen molar-refractivity contribution in [1.29, 1.82) is 0 Å². The molecule has 0 aromatic carbocycles. The van der Waals surface area contributed by atoms with E-state index in [2.05, 4.69) is 10.2 Å². The van der Waals surface area contributed by atoms with E-state index in [4.69, 9.17) is 22.4 Å². The highest BCUT2D eigenvalue weighted by atomic mass is 32.1.